The Balaban J connectivity index is 1.64. The van der Waals surface area contributed by atoms with Crippen molar-refractivity contribution >= 4 is 15.9 Å². The third-order valence-electron chi connectivity index (χ3n) is 5.09. The molecule has 1 fully saturated rings. The molecule has 1 amide bonds. The van der Waals surface area contributed by atoms with Gasteiger partial charge in [0.05, 0.1) is 0 Å². The maximum absolute atomic E-state index is 12.8. The van der Waals surface area contributed by atoms with Gasteiger partial charge in [-0.1, -0.05) is 24.3 Å². The smallest absolute Gasteiger partial charge is 0.270 e. The SMILES string of the molecule is CNS(=O)(=O)c1cc(C(=O)N2CCN(Cc3ccccc3C)CC2)n(C)c1. The molecule has 0 radical (unpaired) electrons. The van der Waals surface area contributed by atoms with Crippen molar-refractivity contribution in [3.05, 3.63) is 53.3 Å². The number of rotatable bonds is 5. The minimum Gasteiger partial charge on any atom is -0.345 e. The van der Waals surface area contributed by atoms with Crippen LogP contribution in [-0.4, -0.2) is 61.9 Å². The fourth-order valence-electron chi connectivity index (χ4n) is 3.31. The Kier molecular flexibility index (Phi) is 5.69. The molecule has 1 aliphatic rings. The number of amides is 1. The van der Waals surface area contributed by atoms with Gasteiger partial charge >= 0.3 is 0 Å². The zero-order valence-electron chi connectivity index (χ0n) is 16.0. The van der Waals surface area contributed by atoms with Crippen molar-refractivity contribution in [2.24, 2.45) is 7.05 Å². The highest BCUT2D eigenvalue weighted by Gasteiger charge is 2.26. The highest BCUT2D eigenvalue weighted by Crippen LogP contribution is 2.17. The Hall–Kier alpha value is -2.16. The van der Waals surface area contributed by atoms with Gasteiger partial charge in [0, 0.05) is 46.0 Å². The van der Waals surface area contributed by atoms with Crippen LogP contribution in [-0.2, 0) is 23.6 Å². The molecule has 1 saturated heterocycles. The fraction of sp³-hybridized carbons (Fsp3) is 0.421. The predicted molar refractivity (Wildman–Crippen MR) is 104 cm³/mol. The molecular weight excluding hydrogens is 364 g/mol. The van der Waals surface area contributed by atoms with E-state index in [4.69, 9.17) is 0 Å². The van der Waals surface area contributed by atoms with E-state index in [-0.39, 0.29) is 10.8 Å². The number of nitrogens with zero attached hydrogens (tertiary/aromatic N) is 3. The van der Waals surface area contributed by atoms with Gasteiger partial charge in [-0.15, -0.1) is 0 Å². The predicted octanol–water partition coefficient (Wildman–Crippen LogP) is 1.20. The highest BCUT2D eigenvalue weighted by molar-refractivity contribution is 7.89. The van der Waals surface area contributed by atoms with Crippen molar-refractivity contribution in [3.8, 4) is 0 Å². The van der Waals surface area contributed by atoms with E-state index in [1.54, 1.807) is 16.5 Å². The number of piperazine rings is 1. The van der Waals surface area contributed by atoms with Crippen molar-refractivity contribution in [3.63, 3.8) is 0 Å². The Morgan fingerprint density at radius 2 is 1.81 bits per heavy atom. The maximum Gasteiger partial charge on any atom is 0.270 e. The molecule has 0 aliphatic carbocycles. The molecule has 0 unspecified atom stereocenters. The lowest BCUT2D eigenvalue weighted by Gasteiger charge is -2.35. The number of aryl methyl sites for hydroxylation is 2. The minimum atomic E-state index is -3.56. The topological polar surface area (TPSA) is 74.7 Å². The van der Waals surface area contributed by atoms with E-state index < -0.39 is 10.0 Å². The van der Waals surface area contributed by atoms with Crippen molar-refractivity contribution in [2.45, 2.75) is 18.4 Å². The van der Waals surface area contributed by atoms with Gasteiger partial charge in [-0.3, -0.25) is 9.69 Å². The molecule has 146 valence electrons. The van der Waals surface area contributed by atoms with Crippen LogP contribution in [0.3, 0.4) is 0 Å². The molecule has 0 saturated carbocycles. The number of sulfonamides is 1. The summed E-state index contributed by atoms with van der Waals surface area (Å²) in [6, 6.07) is 9.78. The van der Waals surface area contributed by atoms with Crippen LogP contribution in [0.4, 0.5) is 0 Å². The molecule has 0 bridgehead atoms. The Bertz CT molecular complexity index is 928. The lowest BCUT2D eigenvalue weighted by molar-refractivity contribution is 0.0619. The van der Waals surface area contributed by atoms with Crippen LogP contribution >= 0.6 is 0 Å². The summed E-state index contributed by atoms with van der Waals surface area (Å²) >= 11 is 0. The summed E-state index contributed by atoms with van der Waals surface area (Å²) < 4.78 is 27.8. The molecule has 1 aliphatic heterocycles. The molecule has 2 heterocycles. The number of carbonyl (C=O) groups excluding carboxylic acids is 1. The minimum absolute atomic E-state index is 0.106. The second-order valence-electron chi connectivity index (χ2n) is 6.87. The van der Waals surface area contributed by atoms with Gasteiger partial charge in [0.25, 0.3) is 5.91 Å². The number of nitrogens with one attached hydrogen (secondary N) is 1. The van der Waals surface area contributed by atoms with Crippen LogP contribution in [0, 0.1) is 6.92 Å². The maximum atomic E-state index is 12.8. The molecule has 1 aromatic heterocycles. The second kappa shape index (κ2) is 7.84. The molecule has 3 rings (SSSR count). The summed E-state index contributed by atoms with van der Waals surface area (Å²) in [7, 11) is -0.512. The Labute approximate surface area is 160 Å². The van der Waals surface area contributed by atoms with E-state index in [1.807, 2.05) is 12.1 Å². The first-order valence-electron chi connectivity index (χ1n) is 8.98. The highest BCUT2D eigenvalue weighted by atomic mass is 32.2. The third kappa shape index (κ3) is 4.23. The van der Waals surface area contributed by atoms with Gasteiger partial charge in [-0.25, -0.2) is 13.1 Å². The molecule has 8 heteroatoms. The van der Waals surface area contributed by atoms with Gasteiger partial charge in [0.1, 0.15) is 10.6 Å². The standard InChI is InChI=1S/C19H26N4O3S/c1-15-6-4-5-7-16(15)13-22-8-10-23(11-9-22)19(24)18-12-17(14-21(18)3)27(25,26)20-2/h4-7,12,14,20H,8-11,13H2,1-3H3. The van der Waals surface area contributed by atoms with Gasteiger partial charge in [-0.05, 0) is 31.2 Å². The zero-order valence-corrected chi connectivity index (χ0v) is 16.8. The number of carbonyl (C=O) groups is 1. The average molecular weight is 391 g/mol. The van der Waals surface area contributed by atoms with Crippen LogP contribution < -0.4 is 4.72 Å². The van der Waals surface area contributed by atoms with Crippen LogP contribution in [0.2, 0.25) is 0 Å². The molecule has 7 nitrogen and oxygen atoms in total. The first-order valence-corrected chi connectivity index (χ1v) is 10.5. The molecule has 27 heavy (non-hydrogen) atoms. The van der Waals surface area contributed by atoms with E-state index in [9.17, 15) is 13.2 Å². The lowest BCUT2D eigenvalue weighted by atomic mass is 10.1. The summed E-state index contributed by atoms with van der Waals surface area (Å²) in [5.41, 5.74) is 2.97. The first-order chi connectivity index (χ1) is 12.8. The van der Waals surface area contributed by atoms with Crippen LogP contribution in [0.15, 0.2) is 41.4 Å². The second-order valence-corrected chi connectivity index (χ2v) is 8.76. The number of benzene rings is 1. The van der Waals surface area contributed by atoms with Crippen molar-refractivity contribution in [1.29, 1.82) is 0 Å². The summed E-state index contributed by atoms with van der Waals surface area (Å²) in [4.78, 5) is 17.1. The van der Waals surface area contributed by atoms with Crippen molar-refractivity contribution < 1.29 is 13.2 Å². The van der Waals surface area contributed by atoms with Crippen LogP contribution in [0.1, 0.15) is 21.6 Å². The summed E-state index contributed by atoms with van der Waals surface area (Å²) in [5.74, 6) is -0.134. The van der Waals surface area contributed by atoms with E-state index in [0.717, 1.165) is 19.6 Å². The quantitative estimate of drug-likeness (QED) is 0.833. The number of hydrogen-bond donors (Lipinski definition) is 1. The van der Waals surface area contributed by atoms with Crippen molar-refractivity contribution in [2.75, 3.05) is 33.2 Å². The summed E-state index contributed by atoms with van der Waals surface area (Å²) in [5, 5.41) is 0. The van der Waals surface area contributed by atoms with Gasteiger partial charge in [0.15, 0.2) is 0 Å². The Morgan fingerprint density at radius 1 is 1.15 bits per heavy atom. The summed E-state index contributed by atoms with van der Waals surface area (Å²) in [6.45, 7) is 5.84. The molecule has 2 aromatic rings. The monoisotopic (exact) mass is 390 g/mol. The zero-order chi connectivity index (χ0) is 19.6. The molecular formula is C19H26N4O3S. The normalized spacial score (nSPS) is 15.9. The largest absolute Gasteiger partial charge is 0.345 e. The summed E-state index contributed by atoms with van der Waals surface area (Å²) in [6.07, 6.45) is 1.47. The van der Waals surface area contributed by atoms with Crippen molar-refractivity contribution in [1.82, 2.24) is 19.1 Å². The van der Waals surface area contributed by atoms with E-state index in [2.05, 4.69) is 28.7 Å². The van der Waals surface area contributed by atoms with Gasteiger partial charge in [0.2, 0.25) is 10.0 Å². The van der Waals surface area contributed by atoms with Gasteiger partial charge < -0.3 is 9.47 Å². The van der Waals surface area contributed by atoms with E-state index >= 15 is 0 Å². The first kappa shape index (κ1) is 19.6. The third-order valence-corrected chi connectivity index (χ3v) is 6.47. The molecule has 0 spiro atoms. The number of hydrogen-bond acceptors (Lipinski definition) is 4. The van der Waals surface area contributed by atoms with Crippen LogP contribution in [0.25, 0.3) is 0 Å². The molecule has 0 atom stereocenters. The number of aromatic nitrogens is 1. The van der Waals surface area contributed by atoms with Gasteiger partial charge in [-0.2, -0.15) is 0 Å². The lowest BCUT2D eigenvalue weighted by Crippen LogP contribution is -2.48. The molecule has 1 aromatic carbocycles. The Morgan fingerprint density at radius 3 is 2.44 bits per heavy atom. The molecule has 1 N–H and O–H groups in total. The fourth-order valence-corrected chi connectivity index (χ4v) is 4.11. The average Bonchev–Trinajstić information content (AvgIpc) is 3.06. The van der Waals surface area contributed by atoms with Crippen LogP contribution in [0.5, 0.6) is 0 Å². The van der Waals surface area contributed by atoms with E-state index in [0.29, 0.717) is 18.8 Å². The van der Waals surface area contributed by atoms with E-state index in [1.165, 1.54) is 30.4 Å².